The highest BCUT2D eigenvalue weighted by Gasteiger charge is 2.38. The Hall–Kier alpha value is -2.52. The minimum Gasteiger partial charge on any atom is -0.481 e. The van der Waals surface area contributed by atoms with Gasteiger partial charge in [0.05, 0.1) is 18.6 Å². The predicted octanol–water partition coefficient (Wildman–Crippen LogP) is 0.744. The van der Waals surface area contributed by atoms with Gasteiger partial charge in [0, 0.05) is 17.2 Å². The molecule has 2 N–H and O–H groups in total. The van der Waals surface area contributed by atoms with Gasteiger partial charge in [-0.15, -0.1) is 10.2 Å². The number of nitrogens with zero attached hydrogens (tertiary/aromatic N) is 4. The fraction of sp³-hybridized carbons (Fsp3) is 0.400. The van der Waals surface area contributed by atoms with Crippen LogP contribution in [0.5, 0.6) is 0 Å². The van der Waals surface area contributed by atoms with Gasteiger partial charge < -0.3 is 15.2 Å². The topological polar surface area (TPSA) is 119 Å². The zero-order valence-electron chi connectivity index (χ0n) is 13.2. The number of halogens is 1. The van der Waals surface area contributed by atoms with E-state index in [1.807, 2.05) is 0 Å². The number of carbonyl (C=O) groups excluding carboxylic acids is 1. The van der Waals surface area contributed by atoms with E-state index in [9.17, 15) is 9.59 Å². The number of hydrogen-bond acceptors (Lipinski definition) is 6. The molecule has 2 aromatic rings. The number of carboxylic acids is 1. The highest BCUT2D eigenvalue weighted by atomic mass is 35.5. The molecule has 0 bridgehead atoms. The molecule has 2 heterocycles. The first-order valence-corrected chi connectivity index (χ1v) is 7.98. The highest BCUT2D eigenvalue weighted by molar-refractivity contribution is 6.30. The molecule has 1 aliphatic heterocycles. The number of hydrogen-bond donors (Lipinski definition) is 2. The van der Waals surface area contributed by atoms with Gasteiger partial charge in [-0.3, -0.25) is 9.59 Å². The second-order valence-electron chi connectivity index (χ2n) is 5.85. The van der Waals surface area contributed by atoms with Crippen molar-refractivity contribution in [1.29, 1.82) is 0 Å². The van der Waals surface area contributed by atoms with Crippen molar-refractivity contribution in [3.05, 3.63) is 29.3 Å². The molecule has 1 saturated heterocycles. The van der Waals surface area contributed by atoms with Gasteiger partial charge >= 0.3 is 5.97 Å². The molecule has 1 aromatic heterocycles. The van der Waals surface area contributed by atoms with Crippen LogP contribution in [-0.4, -0.2) is 55.9 Å². The minimum absolute atomic E-state index is 0.165. The molecule has 10 heteroatoms. The van der Waals surface area contributed by atoms with Crippen LogP contribution in [0.4, 0.5) is 0 Å². The van der Waals surface area contributed by atoms with Gasteiger partial charge in [-0.1, -0.05) is 11.6 Å². The average molecular weight is 366 g/mol. The van der Waals surface area contributed by atoms with Crippen molar-refractivity contribution in [2.24, 2.45) is 0 Å². The van der Waals surface area contributed by atoms with Crippen LogP contribution >= 0.6 is 11.6 Å². The first-order valence-electron chi connectivity index (χ1n) is 7.60. The number of ether oxygens (including phenoxy) is 1. The fourth-order valence-corrected chi connectivity index (χ4v) is 2.79. The Balaban J connectivity index is 1.65. The summed E-state index contributed by atoms with van der Waals surface area (Å²) in [6, 6.07) is 6.92. The van der Waals surface area contributed by atoms with E-state index in [2.05, 4.69) is 20.7 Å². The summed E-state index contributed by atoms with van der Waals surface area (Å²) in [7, 11) is 0. The largest absolute Gasteiger partial charge is 0.481 e. The lowest BCUT2D eigenvalue weighted by molar-refractivity contribution is -0.139. The van der Waals surface area contributed by atoms with Crippen molar-refractivity contribution in [2.45, 2.75) is 24.9 Å². The quantitative estimate of drug-likeness (QED) is 0.774. The van der Waals surface area contributed by atoms with E-state index in [1.165, 1.54) is 0 Å². The Morgan fingerprint density at radius 2 is 2.12 bits per heavy atom. The number of tetrazole rings is 1. The van der Waals surface area contributed by atoms with E-state index in [0.29, 0.717) is 23.9 Å². The van der Waals surface area contributed by atoms with Crippen molar-refractivity contribution >= 4 is 23.5 Å². The van der Waals surface area contributed by atoms with Crippen LogP contribution in [0.1, 0.15) is 12.8 Å². The smallest absolute Gasteiger partial charge is 0.305 e. The van der Waals surface area contributed by atoms with Gasteiger partial charge in [-0.25, -0.2) is 0 Å². The van der Waals surface area contributed by atoms with Gasteiger partial charge in [0.1, 0.15) is 6.54 Å². The number of carboxylic acid groups (broad SMARTS) is 1. The standard InChI is InChI=1S/C15H16ClN5O4/c16-11-3-1-10(2-4-11)14-18-20-21(19-14)8-12(22)17-15(7-13(23)24)5-6-25-9-15/h1-4H,5-9H2,(H,17,22)(H,23,24). The summed E-state index contributed by atoms with van der Waals surface area (Å²) in [4.78, 5) is 24.4. The summed E-state index contributed by atoms with van der Waals surface area (Å²) in [5, 5.41) is 24.3. The Morgan fingerprint density at radius 3 is 2.76 bits per heavy atom. The van der Waals surface area contributed by atoms with Crippen LogP contribution in [0.15, 0.2) is 24.3 Å². The van der Waals surface area contributed by atoms with Gasteiger partial charge in [-0.2, -0.15) is 4.80 Å². The van der Waals surface area contributed by atoms with E-state index in [-0.39, 0.29) is 19.6 Å². The summed E-state index contributed by atoms with van der Waals surface area (Å²) in [5.74, 6) is -1.02. The van der Waals surface area contributed by atoms with Crippen LogP contribution in [0, 0.1) is 0 Å². The molecule has 1 aliphatic rings. The maximum atomic E-state index is 12.2. The normalized spacial score (nSPS) is 19.7. The Kier molecular flexibility index (Phi) is 4.95. The minimum atomic E-state index is -0.991. The number of nitrogens with one attached hydrogen (secondary N) is 1. The SMILES string of the molecule is O=C(O)CC1(NC(=O)Cn2nnc(-c3ccc(Cl)cc3)n2)CCOC1. The molecule has 1 unspecified atom stereocenters. The molecule has 1 amide bonds. The third-order valence-electron chi connectivity index (χ3n) is 3.84. The maximum absolute atomic E-state index is 12.2. The predicted molar refractivity (Wildman–Crippen MR) is 86.8 cm³/mol. The molecule has 1 aromatic carbocycles. The summed E-state index contributed by atoms with van der Waals surface area (Å²) in [5.41, 5.74) is -0.162. The van der Waals surface area contributed by atoms with Crippen molar-refractivity contribution in [3.63, 3.8) is 0 Å². The Morgan fingerprint density at radius 1 is 1.36 bits per heavy atom. The monoisotopic (exact) mass is 365 g/mol. The lowest BCUT2D eigenvalue weighted by Gasteiger charge is -2.26. The van der Waals surface area contributed by atoms with E-state index >= 15 is 0 Å². The van der Waals surface area contributed by atoms with Crippen molar-refractivity contribution in [1.82, 2.24) is 25.5 Å². The number of aromatic nitrogens is 4. The van der Waals surface area contributed by atoms with Gasteiger partial charge in [0.25, 0.3) is 0 Å². The summed E-state index contributed by atoms with van der Waals surface area (Å²) >= 11 is 5.84. The third-order valence-corrected chi connectivity index (χ3v) is 4.09. The molecule has 1 fully saturated rings. The lowest BCUT2D eigenvalue weighted by Crippen LogP contribution is -2.51. The maximum Gasteiger partial charge on any atom is 0.305 e. The third kappa shape index (κ3) is 4.31. The highest BCUT2D eigenvalue weighted by Crippen LogP contribution is 2.22. The van der Waals surface area contributed by atoms with Crippen LogP contribution in [-0.2, 0) is 20.9 Å². The fourth-order valence-electron chi connectivity index (χ4n) is 2.67. The molecule has 0 spiro atoms. The van der Waals surface area contributed by atoms with Crippen molar-refractivity contribution in [3.8, 4) is 11.4 Å². The van der Waals surface area contributed by atoms with Crippen LogP contribution in [0.2, 0.25) is 5.02 Å². The van der Waals surface area contributed by atoms with Gasteiger partial charge in [0.15, 0.2) is 0 Å². The zero-order chi connectivity index (χ0) is 17.9. The Bertz CT molecular complexity index is 770. The number of carbonyl (C=O) groups is 2. The Labute approximate surface area is 147 Å². The number of benzene rings is 1. The molecule has 132 valence electrons. The van der Waals surface area contributed by atoms with Gasteiger partial charge in [-0.05, 0) is 35.9 Å². The van der Waals surface area contributed by atoms with E-state index in [4.69, 9.17) is 21.4 Å². The number of amides is 1. The van der Waals surface area contributed by atoms with Crippen molar-refractivity contribution in [2.75, 3.05) is 13.2 Å². The van der Waals surface area contributed by atoms with Crippen LogP contribution in [0.3, 0.4) is 0 Å². The molecule has 3 rings (SSSR count). The number of rotatable bonds is 6. The second-order valence-corrected chi connectivity index (χ2v) is 6.29. The van der Waals surface area contributed by atoms with E-state index in [1.54, 1.807) is 24.3 Å². The second kappa shape index (κ2) is 7.16. The molecular weight excluding hydrogens is 350 g/mol. The molecular formula is C15H16ClN5O4. The van der Waals surface area contributed by atoms with Crippen LogP contribution < -0.4 is 5.32 Å². The zero-order valence-corrected chi connectivity index (χ0v) is 13.9. The average Bonchev–Trinajstić information content (AvgIpc) is 3.17. The van der Waals surface area contributed by atoms with Crippen molar-refractivity contribution < 1.29 is 19.4 Å². The molecule has 1 atom stereocenters. The lowest BCUT2D eigenvalue weighted by atomic mass is 9.94. The molecule has 0 radical (unpaired) electrons. The summed E-state index contributed by atoms with van der Waals surface area (Å²) in [6.45, 7) is 0.420. The molecule has 25 heavy (non-hydrogen) atoms. The molecule has 0 aliphatic carbocycles. The number of aliphatic carboxylic acids is 1. The first kappa shape index (κ1) is 17.3. The first-order chi connectivity index (χ1) is 12.0. The molecule has 0 saturated carbocycles. The molecule has 9 nitrogen and oxygen atoms in total. The van der Waals surface area contributed by atoms with Gasteiger partial charge in [0.2, 0.25) is 11.7 Å². The van der Waals surface area contributed by atoms with E-state index in [0.717, 1.165) is 10.4 Å². The van der Waals surface area contributed by atoms with E-state index < -0.39 is 17.4 Å². The summed E-state index contributed by atoms with van der Waals surface area (Å²) in [6.07, 6.45) is 0.255. The summed E-state index contributed by atoms with van der Waals surface area (Å²) < 4.78 is 5.24. The van der Waals surface area contributed by atoms with Crippen LogP contribution in [0.25, 0.3) is 11.4 Å².